The first-order valence-corrected chi connectivity index (χ1v) is 13.5. The fraction of sp³-hybridized carbons (Fsp3) is 0.633. The topological polar surface area (TPSA) is 49.6 Å². The van der Waals surface area contributed by atoms with Gasteiger partial charge in [0.25, 0.3) is 0 Å². The molecule has 1 aliphatic rings. The van der Waals surface area contributed by atoms with E-state index in [0.29, 0.717) is 5.92 Å². The molecular formula is C30H43N3. The minimum atomic E-state index is -0.0762. The Labute approximate surface area is 202 Å². The summed E-state index contributed by atoms with van der Waals surface area (Å²) in [5, 5.41) is 9.94. The lowest BCUT2D eigenvalue weighted by atomic mass is 9.67. The van der Waals surface area contributed by atoms with Crippen molar-refractivity contribution in [2.24, 2.45) is 5.41 Å². The number of aryl methyl sites for hydroxylation is 1. The molecule has 1 saturated carbocycles. The largest absolute Gasteiger partial charge is 0.236 e. The summed E-state index contributed by atoms with van der Waals surface area (Å²) < 4.78 is 0. The van der Waals surface area contributed by atoms with Crippen molar-refractivity contribution in [2.75, 3.05) is 0 Å². The van der Waals surface area contributed by atoms with Crippen LogP contribution in [-0.2, 0) is 6.42 Å². The molecular weight excluding hydrogens is 402 g/mol. The summed E-state index contributed by atoms with van der Waals surface area (Å²) in [4.78, 5) is 9.17. The standard InChI is InChI=1S/C30H43N3/c1-3-5-7-8-9-10-11-19-30(24-31)20-17-27(18-21-30)26-13-15-28(16-14-26)29-32-22-25(23-33-29)12-6-4-2/h13-16,22-23,27H,3-12,17-21H2,1-2H3/t27-,30-. The summed E-state index contributed by atoms with van der Waals surface area (Å²) in [6.07, 6.45) is 22.1. The van der Waals surface area contributed by atoms with Crippen LogP contribution in [0.3, 0.4) is 0 Å². The van der Waals surface area contributed by atoms with Gasteiger partial charge in [-0.2, -0.15) is 5.26 Å². The van der Waals surface area contributed by atoms with Crippen molar-refractivity contribution in [3.05, 3.63) is 47.8 Å². The molecule has 3 nitrogen and oxygen atoms in total. The Morgan fingerprint density at radius 3 is 2.06 bits per heavy atom. The lowest BCUT2D eigenvalue weighted by molar-refractivity contribution is 0.223. The summed E-state index contributed by atoms with van der Waals surface area (Å²) in [7, 11) is 0. The molecule has 3 heteroatoms. The van der Waals surface area contributed by atoms with E-state index in [2.05, 4.69) is 54.2 Å². The second kappa shape index (κ2) is 13.5. The number of benzene rings is 1. The molecule has 1 heterocycles. The zero-order chi connectivity index (χ0) is 23.4. The third-order valence-electron chi connectivity index (χ3n) is 7.60. The number of nitriles is 1. The lowest BCUT2D eigenvalue weighted by Crippen LogP contribution is -2.25. The highest BCUT2D eigenvalue weighted by Gasteiger charge is 2.35. The highest BCUT2D eigenvalue weighted by molar-refractivity contribution is 5.55. The van der Waals surface area contributed by atoms with E-state index in [9.17, 15) is 5.26 Å². The molecule has 0 spiro atoms. The molecule has 0 bridgehead atoms. The summed E-state index contributed by atoms with van der Waals surface area (Å²) >= 11 is 0. The predicted molar refractivity (Wildman–Crippen MR) is 138 cm³/mol. The molecule has 33 heavy (non-hydrogen) atoms. The fourth-order valence-electron chi connectivity index (χ4n) is 5.26. The van der Waals surface area contributed by atoms with Crippen molar-refractivity contribution in [3.63, 3.8) is 0 Å². The van der Waals surface area contributed by atoms with E-state index in [-0.39, 0.29) is 5.41 Å². The van der Waals surface area contributed by atoms with Crippen molar-refractivity contribution in [1.29, 1.82) is 5.26 Å². The average molecular weight is 446 g/mol. The molecule has 0 unspecified atom stereocenters. The number of hydrogen-bond donors (Lipinski definition) is 0. The van der Waals surface area contributed by atoms with Crippen molar-refractivity contribution >= 4 is 0 Å². The van der Waals surface area contributed by atoms with Gasteiger partial charge in [0.15, 0.2) is 5.82 Å². The van der Waals surface area contributed by atoms with E-state index < -0.39 is 0 Å². The van der Waals surface area contributed by atoms with Gasteiger partial charge >= 0.3 is 0 Å². The zero-order valence-corrected chi connectivity index (χ0v) is 21.0. The van der Waals surface area contributed by atoms with Gasteiger partial charge in [-0.05, 0) is 62.0 Å². The van der Waals surface area contributed by atoms with E-state index in [0.717, 1.165) is 49.9 Å². The van der Waals surface area contributed by atoms with Crippen LogP contribution in [0, 0.1) is 16.7 Å². The molecule has 0 aliphatic heterocycles. The minimum absolute atomic E-state index is 0.0762. The van der Waals surface area contributed by atoms with Crippen LogP contribution in [0.15, 0.2) is 36.7 Å². The first-order chi connectivity index (χ1) is 16.2. The number of nitrogens with zero attached hydrogens (tertiary/aromatic N) is 3. The maximum Gasteiger partial charge on any atom is 0.159 e. The van der Waals surface area contributed by atoms with Crippen LogP contribution in [0.2, 0.25) is 0 Å². The molecule has 1 fully saturated rings. The van der Waals surface area contributed by atoms with Gasteiger partial charge in [-0.3, -0.25) is 0 Å². The van der Waals surface area contributed by atoms with Gasteiger partial charge in [-0.1, -0.05) is 89.5 Å². The molecule has 1 aromatic carbocycles. The molecule has 1 aliphatic carbocycles. The maximum atomic E-state index is 9.94. The van der Waals surface area contributed by atoms with Gasteiger partial charge in [0, 0.05) is 18.0 Å². The van der Waals surface area contributed by atoms with Crippen molar-refractivity contribution in [3.8, 4) is 17.5 Å². The summed E-state index contributed by atoms with van der Waals surface area (Å²) in [6, 6.07) is 11.6. The molecule has 3 rings (SSSR count). The molecule has 0 radical (unpaired) electrons. The summed E-state index contributed by atoms with van der Waals surface area (Å²) in [5.41, 5.74) is 3.63. The SMILES string of the molecule is CCCCCCCCC[C@]1(C#N)CC[C@H](c2ccc(-c3ncc(CCCC)cn3)cc2)CC1. The van der Waals surface area contributed by atoms with Crippen LogP contribution in [-0.4, -0.2) is 9.97 Å². The van der Waals surface area contributed by atoms with Crippen LogP contribution in [0.5, 0.6) is 0 Å². The van der Waals surface area contributed by atoms with E-state index >= 15 is 0 Å². The van der Waals surface area contributed by atoms with Crippen LogP contribution in [0.25, 0.3) is 11.4 Å². The normalized spacial score (nSPS) is 20.5. The van der Waals surface area contributed by atoms with E-state index in [1.165, 1.54) is 68.9 Å². The van der Waals surface area contributed by atoms with Crippen LogP contribution >= 0.6 is 0 Å². The van der Waals surface area contributed by atoms with Crippen molar-refractivity contribution in [1.82, 2.24) is 9.97 Å². The van der Waals surface area contributed by atoms with Gasteiger partial charge in [0.05, 0.1) is 11.5 Å². The highest BCUT2D eigenvalue weighted by Crippen LogP contribution is 2.45. The molecule has 0 atom stereocenters. The van der Waals surface area contributed by atoms with Crippen LogP contribution in [0.1, 0.15) is 121 Å². The average Bonchev–Trinajstić information content (AvgIpc) is 2.88. The van der Waals surface area contributed by atoms with Crippen molar-refractivity contribution < 1.29 is 0 Å². The molecule has 0 saturated heterocycles. The Hall–Kier alpha value is -2.21. The van der Waals surface area contributed by atoms with Gasteiger partial charge < -0.3 is 0 Å². The Morgan fingerprint density at radius 2 is 1.45 bits per heavy atom. The molecule has 178 valence electrons. The van der Waals surface area contributed by atoms with Gasteiger partial charge in [0.1, 0.15) is 0 Å². The second-order valence-corrected chi connectivity index (χ2v) is 10.2. The van der Waals surface area contributed by atoms with Crippen LogP contribution < -0.4 is 0 Å². The molecule has 0 N–H and O–H groups in total. The first-order valence-electron chi connectivity index (χ1n) is 13.5. The highest BCUT2D eigenvalue weighted by atomic mass is 14.9. The number of unbranched alkanes of at least 4 members (excludes halogenated alkanes) is 7. The van der Waals surface area contributed by atoms with E-state index in [1.54, 1.807) is 0 Å². The predicted octanol–water partition coefficient (Wildman–Crippen LogP) is 8.79. The quantitative estimate of drug-likeness (QED) is 0.289. The smallest absolute Gasteiger partial charge is 0.159 e. The maximum absolute atomic E-state index is 9.94. The third kappa shape index (κ3) is 7.66. The Bertz CT molecular complexity index is 840. The van der Waals surface area contributed by atoms with Gasteiger partial charge in [-0.25, -0.2) is 9.97 Å². The second-order valence-electron chi connectivity index (χ2n) is 10.2. The number of hydrogen-bond acceptors (Lipinski definition) is 3. The molecule has 1 aromatic heterocycles. The van der Waals surface area contributed by atoms with Gasteiger partial charge in [-0.15, -0.1) is 0 Å². The number of aromatic nitrogens is 2. The number of rotatable bonds is 13. The molecule has 0 amide bonds. The Morgan fingerprint density at radius 1 is 0.848 bits per heavy atom. The van der Waals surface area contributed by atoms with Crippen LogP contribution in [0.4, 0.5) is 0 Å². The van der Waals surface area contributed by atoms with Gasteiger partial charge in [0.2, 0.25) is 0 Å². The third-order valence-corrected chi connectivity index (χ3v) is 7.60. The van der Waals surface area contributed by atoms with Crippen molar-refractivity contribution in [2.45, 2.75) is 116 Å². The minimum Gasteiger partial charge on any atom is -0.236 e. The lowest BCUT2D eigenvalue weighted by Gasteiger charge is -2.35. The molecule has 2 aromatic rings. The summed E-state index contributed by atoms with van der Waals surface area (Å²) in [5.74, 6) is 1.38. The first kappa shape index (κ1) is 25.4. The zero-order valence-electron chi connectivity index (χ0n) is 21.0. The Balaban J connectivity index is 1.47. The van der Waals surface area contributed by atoms with E-state index in [1.807, 2.05) is 12.4 Å². The monoisotopic (exact) mass is 445 g/mol. The Kier molecular flexibility index (Phi) is 10.4. The summed E-state index contributed by atoms with van der Waals surface area (Å²) in [6.45, 7) is 4.47. The van der Waals surface area contributed by atoms with E-state index in [4.69, 9.17) is 0 Å². The fourth-order valence-corrected chi connectivity index (χ4v) is 5.26.